The highest BCUT2D eigenvalue weighted by atomic mass is 14.9. The van der Waals surface area contributed by atoms with Gasteiger partial charge < -0.3 is 11.1 Å². The lowest BCUT2D eigenvalue weighted by Crippen LogP contribution is -2.30. The van der Waals surface area contributed by atoms with E-state index in [0.717, 1.165) is 12.6 Å². The summed E-state index contributed by atoms with van der Waals surface area (Å²) in [5.41, 5.74) is 5.70. The van der Waals surface area contributed by atoms with Crippen molar-refractivity contribution in [1.29, 1.82) is 0 Å². The Bertz CT molecular complexity index is 218. The summed E-state index contributed by atoms with van der Waals surface area (Å²) < 4.78 is 0. The van der Waals surface area contributed by atoms with Crippen LogP contribution >= 0.6 is 0 Å². The quantitative estimate of drug-likeness (QED) is 0.301. The standard InChI is InChI=1S/C21H46N2/c1-4-6-8-10-11-13-17-21(16-12-9-7-5-2)23-18-14-15-20(3)19-22/h20-21,23H,4-19,22H2,1-3H3. The normalized spacial score (nSPS) is 14.1. The van der Waals surface area contributed by atoms with E-state index in [-0.39, 0.29) is 0 Å². The van der Waals surface area contributed by atoms with Crippen molar-refractivity contribution in [3.63, 3.8) is 0 Å². The van der Waals surface area contributed by atoms with Gasteiger partial charge in [0.05, 0.1) is 0 Å². The van der Waals surface area contributed by atoms with Crippen LogP contribution in [0.15, 0.2) is 0 Å². The second kappa shape index (κ2) is 18.3. The number of unbranched alkanes of at least 4 members (excludes halogenated alkanes) is 8. The summed E-state index contributed by atoms with van der Waals surface area (Å²) in [6.07, 6.45) is 19.3. The Balaban J connectivity index is 3.79. The number of rotatable bonds is 18. The predicted octanol–water partition coefficient (Wildman–Crippen LogP) is 6.04. The molecule has 3 N–H and O–H groups in total. The molecule has 0 aromatic heterocycles. The van der Waals surface area contributed by atoms with E-state index in [4.69, 9.17) is 5.73 Å². The van der Waals surface area contributed by atoms with Gasteiger partial charge in [0.25, 0.3) is 0 Å². The van der Waals surface area contributed by atoms with E-state index in [9.17, 15) is 0 Å². The minimum absolute atomic E-state index is 0.679. The predicted molar refractivity (Wildman–Crippen MR) is 106 cm³/mol. The van der Waals surface area contributed by atoms with E-state index in [2.05, 4.69) is 26.1 Å². The fourth-order valence-corrected chi connectivity index (χ4v) is 3.21. The fourth-order valence-electron chi connectivity index (χ4n) is 3.21. The number of nitrogens with two attached hydrogens (primary N) is 1. The maximum absolute atomic E-state index is 5.70. The van der Waals surface area contributed by atoms with Gasteiger partial charge in [0, 0.05) is 6.04 Å². The van der Waals surface area contributed by atoms with Crippen LogP contribution < -0.4 is 11.1 Å². The molecule has 0 amide bonds. The first-order valence-electron chi connectivity index (χ1n) is 10.7. The molecule has 0 saturated heterocycles. The van der Waals surface area contributed by atoms with Gasteiger partial charge in [-0.25, -0.2) is 0 Å². The van der Waals surface area contributed by atoms with Gasteiger partial charge >= 0.3 is 0 Å². The zero-order valence-corrected chi connectivity index (χ0v) is 16.5. The van der Waals surface area contributed by atoms with Gasteiger partial charge in [0.15, 0.2) is 0 Å². The maximum Gasteiger partial charge on any atom is 0.00670 e. The number of nitrogens with one attached hydrogen (secondary N) is 1. The Kier molecular flexibility index (Phi) is 18.2. The summed E-state index contributed by atoms with van der Waals surface area (Å²) in [5, 5.41) is 3.84. The zero-order chi connectivity index (χ0) is 17.2. The lowest BCUT2D eigenvalue weighted by atomic mass is 10.00. The lowest BCUT2D eigenvalue weighted by Gasteiger charge is -2.19. The Labute approximate surface area is 147 Å². The average molecular weight is 327 g/mol. The molecule has 23 heavy (non-hydrogen) atoms. The minimum atomic E-state index is 0.679. The molecule has 2 heteroatoms. The molecule has 0 rings (SSSR count). The molecule has 0 aromatic carbocycles. The van der Waals surface area contributed by atoms with E-state index in [1.54, 1.807) is 0 Å². The Morgan fingerprint density at radius 3 is 1.78 bits per heavy atom. The summed E-state index contributed by atoms with van der Waals surface area (Å²) >= 11 is 0. The van der Waals surface area contributed by atoms with Crippen LogP contribution in [0.2, 0.25) is 0 Å². The van der Waals surface area contributed by atoms with Crippen molar-refractivity contribution in [3.05, 3.63) is 0 Å². The molecule has 0 fully saturated rings. The third-order valence-electron chi connectivity index (χ3n) is 5.02. The summed E-state index contributed by atoms with van der Waals surface area (Å²) in [5.74, 6) is 0.679. The topological polar surface area (TPSA) is 38.0 Å². The van der Waals surface area contributed by atoms with Gasteiger partial charge in [-0.05, 0) is 44.7 Å². The second-order valence-corrected chi connectivity index (χ2v) is 7.54. The second-order valence-electron chi connectivity index (χ2n) is 7.54. The van der Waals surface area contributed by atoms with Gasteiger partial charge in [0.1, 0.15) is 0 Å². The van der Waals surface area contributed by atoms with Crippen molar-refractivity contribution < 1.29 is 0 Å². The molecule has 2 atom stereocenters. The smallest absolute Gasteiger partial charge is 0.00670 e. The summed E-state index contributed by atoms with van der Waals surface area (Å²) in [6.45, 7) is 8.86. The van der Waals surface area contributed by atoms with Gasteiger partial charge in [-0.1, -0.05) is 85.0 Å². The first-order chi connectivity index (χ1) is 11.2. The van der Waals surface area contributed by atoms with Crippen LogP contribution in [0.3, 0.4) is 0 Å². The van der Waals surface area contributed by atoms with E-state index < -0.39 is 0 Å². The van der Waals surface area contributed by atoms with Crippen LogP contribution in [0.1, 0.15) is 111 Å². The molecular formula is C21H46N2. The van der Waals surface area contributed by atoms with Crippen LogP contribution in [0.25, 0.3) is 0 Å². The van der Waals surface area contributed by atoms with Crippen molar-refractivity contribution in [3.8, 4) is 0 Å². The maximum atomic E-state index is 5.70. The molecule has 0 bridgehead atoms. The molecular weight excluding hydrogens is 280 g/mol. The van der Waals surface area contributed by atoms with Crippen molar-refractivity contribution in [2.75, 3.05) is 13.1 Å². The molecule has 140 valence electrons. The molecule has 0 heterocycles. The highest BCUT2D eigenvalue weighted by Gasteiger charge is 2.08. The van der Waals surface area contributed by atoms with Crippen molar-refractivity contribution in [2.45, 2.75) is 117 Å². The van der Waals surface area contributed by atoms with Gasteiger partial charge in [-0.3, -0.25) is 0 Å². The monoisotopic (exact) mass is 326 g/mol. The molecule has 2 nitrogen and oxygen atoms in total. The third kappa shape index (κ3) is 16.6. The van der Waals surface area contributed by atoms with Crippen LogP contribution in [0.5, 0.6) is 0 Å². The van der Waals surface area contributed by atoms with Crippen molar-refractivity contribution >= 4 is 0 Å². The molecule has 0 radical (unpaired) electrons. The van der Waals surface area contributed by atoms with E-state index in [1.807, 2.05) is 0 Å². The van der Waals surface area contributed by atoms with Crippen LogP contribution in [0.4, 0.5) is 0 Å². The largest absolute Gasteiger partial charge is 0.330 e. The summed E-state index contributed by atoms with van der Waals surface area (Å²) in [4.78, 5) is 0. The molecule has 0 aromatic rings. The van der Waals surface area contributed by atoms with Crippen LogP contribution in [0, 0.1) is 5.92 Å². The van der Waals surface area contributed by atoms with Crippen molar-refractivity contribution in [2.24, 2.45) is 11.7 Å². The number of hydrogen-bond acceptors (Lipinski definition) is 2. The van der Waals surface area contributed by atoms with E-state index in [1.165, 1.54) is 96.4 Å². The van der Waals surface area contributed by atoms with Gasteiger partial charge in [0.2, 0.25) is 0 Å². The zero-order valence-electron chi connectivity index (χ0n) is 16.5. The lowest BCUT2D eigenvalue weighted by molar-refractivity contribution is 0.399. The van der Waals surface area contributed by atoms with Crippen LogP contribution in [-0.4, -0.2) is 19.1 Å². The summed E-state index contributed by atoms with van der Waals surface area (Å²) in [6, 6.07) is 0.756. The number of hydrogen-bond donors (Lipinski definition) is 2. The minimum Gasteiger partial charge on any atom is -0.330 e. The molecule has 0 spiro atoms. The average Bonchev–Trinajstić information content (AvgIpc) is 2.57. The highest BCUT2D eigenvalue weighted by molar-refractivity contribution is 4.68. The summed E-state index contributed by atoms with van der Waals surface area (Å²) in [7, 11) is 0. The Morgan fingerprint density at radius 1 is 0.696 bits per heavy atom. The third-order valence-corrected chi connectivity index (χ3v) is 5.02. The van der Waals surface area contributed by atoms with Crippen LogP contribution in [-0.2, 0) is 0 Å². The molecule has 0 aliphatic heterocycles. The molecule has 2 unspecified atom stereocenters. The first-order valence-corrected chi connectivity index (χ1v) is 10.7. The molecule has 0 saturated carbocycles. The molecule has 0 aliphatic rings. The van der Waals surface area contributed by atoms with Gasteiger partial charge in [-0.2, -0.15) is 0 Å². The van der Waals surface area contributed by atoms with Gasteiger partial charge in [-0.15, -0.1) is 0 Å². The molecule has 0 aliphatic carbocycles. The first kappa shape index (κ1) is 22.9. The van der Waals surface area contributed by atoms with Crippen molar-refractivity contribution in [1.82, 2.24) is 5.32 Å². The SMILES string of the molecule is CCCCCCCCC(CCCCCC)NCCCC(C)CN. The van der Waals surface area contributed by atoms with E-state index in [0.29, 0.717) is 5.92 Å². The Hall–Kier alpha value is -0.0800. The fraction of sp³-hybridized carbons (Fsp3) is 1.00. The van der Waals surface area contributed by atoms with E-state index >= 15 is 0 Å². The Morgan fingerprint density at radius 2 is 1.22 bits per heavy atom. The highest BCUT2D eigenvalue weighted by Crippen LogP contribution is 2.14.